The standard InChI is InChI=1S/C4H7ClO3/c1-7-4(5,3-6)8-2/h3H,1-2H3. The number of aldehydes is 1. The number of carbonyl (C=O) groups is 1. The Labute approximate surface area is 52.5 Å². The monoisotopic (exact) mass is 138 g/mol. The Morgan fingerprint density at radius 2 is 1.88 bits per heavy atom. The fraction of sp³-hybridized carbons (Fsp3) is 0.750. The number of halogens is 1. The fourth-order valence-corrected chi connectivity index (χ4v) is 0.180. The van der Waals surface area contributed by atoms with E-state index in [0.29, 0.717) is 6.29 Å². The van der Waals surface area contributed by atoms with Gasteiger partial charge in [-0.15, -0.1) is 0 Å². The van der Waals surface area contributed by atoms with Gasteiger partial charge < -0.3 is 9.47 Å². The van der Waals surface area contributed by atoms with E-state index in [4.69, 9.17) is 11.6 Å². The Morgan fingerprint density at radius 3 is 1.88 bits per heavy atom. The Hall–Kier alpha value is -0.120. The fourth-order valence-electron chi connectivity index (χ4n) is 0.180. The van der Waals surface area contributed by atoms with Gasteiger partial charge in [-0.05, 0) is 11.6 Å². The van der Waals surface area contributed by atoms with Crippen LogP contribution >= 0.6 is 11.6 Å². The second kappa shape index (κ2) is 3.02. The van der Waals surface area contributed by atoms with Crippen LogP contribution in [0.25, 0.3) is 0 Å². The van der Waals surface area contributed by atoms with E-state index in [0.717, 1.165) is 0 Å². The first-order valence-electron chi connectivity index (χ1n) is 1.94. The van der Waals surface area contributed by atoms with Gasteiger partial charge in [0, 0.05) is 14.2 Å². The summed E-state index contributed by atoms with van der Waals surface area (Å²) in [5, 5.41) is -1.58. The van der Waals surface area contributed by atoms with Gasteiger partial charge in [-0.25, -0.2) is 0 Å². The van der Waals surface area contributed by atoms with E-state index in [1.807, 2.05) is 0 Å². The molecule has 0 aromatic rings. The van der Waals surface area contributed by atoms with Crippen LogP contribution in [-0.2, 0) is 14.3 Å². The van der Waals surface area contributed by atoms with E-state index >= 15 is 0 Å². The SMILES string of the molecule is COC(Cl)(C=O)OC. The number of hydrogen-bond acceptors (Lipinski definition) is 3. The first-order chi connectivity index (χ1) is 3.68. The molecule has 48 valence electrons. The minimum Gasteiger partial charge on any atom is -0.335 e. The summed E-state index contributed by atoms with van der Waals surface area (Å²) in [6.45, 7) is 0. The van der Waals surface area contributed by atoms with Crippen molar-refractivity contribution in [3.05, 3.63) is 0 Å². The molecule has 0 rings (SSSR count). The number of carbonyl (C=O) groups excluding carboxylic acids is 1. The smallest absolute Gasteiger partial charge is 0.307 e. The molecule has 0 radical (unpaired) electrons. The zero-order valence-corrected chi connectivity index (χ0v) is 5.44. The molecular weight excluding hydrogens is 131 g/mol. The molecule has 0 aromatic carbocycles. The average Bonchev–Trinajstić information content (AvgIpc) is 1.87. The maximum absolute atomic E-state index is 9.91. The van der Waals surface area contributed by atoms with Crippen molar-refractivity contribution in [2.24, 2.45) is 0 Å². The van der Waals surface area contributed by atoms with E-state index in [-0.39, 0.29) is 0 Å². The van der Waals surface area contributed by atoms with Crippen molar-refractivity contribution < 1.29 is 14.3 Å². The van der Waals surface area contributed by atoms with Crippen LogP contribution in [0.5, 0.6) is 0 Å². The molecule has 0 atom stereocenters. The molecule has 3 nitrogen and oxygen atoms in total. The second-order valence-electron chi connectivity index (χ2n) is 1.11. The second-order valence-corrected chi connectivity index (χ2v) is 1.64. The third kappa shape index (κ3) is 1.78. The molecule has 0 saturated heterocycles. The van der Waals surface area contributed by atoms with E-state index in [2.05, 4.69) is 9.47 Å². The van der Waals surface area contributed by atoms with Crippen LogP contribution in [0.4, 0.5) is 0 Å². The highest BCUT2D eigenvalue weighted by Crippen LogP contribution is 2.11. The molecule has 0 unspecified atom stereocenters. The Morgan fingerprint density at radius 1 is 1.50 bits per heavy atom. The molecule has 8 heavy (non-hydrogen) atoms. The number of alkyl halides is 1. The van der Waals surface area contributed by atoms with Crippen molar-refractivity contribution >= 4 is 17.9 Å². The molecule has 0 N–H and O–H groups in total. The summed E-state index contributed by atoms with van der Waals surface area (Å²) in [4.78, 5) is 9.91. The number of rotatable bonds is 3. The summed E-state index contributed by atoms with van der Waals surface area (Å²) in [6, 6.07) is 0. The van der Waals surface area contributed by atoms with Gasteiger partial charge in [0.2, 0.25) is 0 Å². The van der Waals surface area contributed by atoms with E-state index in [1.54, 1.807) is 0 Å². The van der Waals surface area contributed by atoms with Crippen LogP contribution in [0.1, 0.15) is 0 Å². The molecule has 4 heteroatoms. The average molecular weight is 139 g/mol. The highest BCUT2D eigenvalue weighted by Gasteiger charge is 2.24. The molecular formula is C4H7ClO3. The van der Waals surface area contributed by atoms with Gasteiger partial charge in [-0.2, -0.15) is 0 Å². The van der Waals surface area contributed by atoms with Crippen LogP contribution in [0.2, 0.25) is 0 Å². The lowest BCUT2D eigenvalue weighted by molar-refractivity contribution is -0.158. The van der Waals surface area contributed by atoms with E-state index in [1.165, 1.54) is 14.2 Å². The minimum absolute atomic E-state index is 0.370. The summed E-state index contributed by atoms with van der Waals surface area (Å²) in [6.07, 6.45) is 0.370. The van der Waals surface area contributed by atoms with E-state index in [9.17, 15) is 4.79 Å². The predicted octanol–water partition coefficient (Wildman–Crippen LogP) is 0.371. The maximum atomic E-state index is 9.91. The van der Waals surface area contributed by atoms with Gasteiger partial charge >= 0.3 is 5.25 Å². The van der Waals surface area contributed by atoms with Gasteiger partial charge in [0.25, 0.3) is 0 Å². The summed E-state index contributed by atoms with van der Waals surface area (Å²) in [5.41, 5.74) is 0. The van der Waals surface area contributed by atoms with Crippen molar-refractivity contribution in [3.8, 4) is 0 Å². The molecule has 0 aliphatic rings. The highest BCUT2D eigenvalue weighted by atomic mass is 35.5. The van der Waals surface area contributed by atoms with E-state index < -0.39 is 5.25 Å². The van der Waals surface area contributed by atoms with Gasteiger partial charge in [0.05, 0.1) is 0 Å². The number of hydrogen-bond donors (Lipinski definition) is 0. The molecule has 0 amide bonds. The third-order valence-corrected chi connectivity index (χ3v) is 1.10. The van der Waals surface area contributed by atoms with Crippen LogP contribution in [0.15, 0.2) is 0 Å². The van der Waals surface area contributed by atoms with Gasteiger partial charge in [-0.1, -0.05) is 0 Å². The third-order valence-electron chi connectivity index (χ3n) is 0.697. The molecule has 0 aliphatic heterocycles. The van der Waals surface area contributed by atoms with Crippen molar-refractivity contribution in [1.29, 1.82) is 0 Å². The summed E-state index contributed by atoms with van der Waals surface area (Å²) >= 11 is 5.28. The van der Waals surface area contributed by atoms with Gasteiger partial charge in [0.1, 0.15) is 0 Å². The first kappa shape index (κ1) is 7.88. The molecule has 0 aromatic heterocycles. The lowest BCUT2D eigenvalue weighted by Crippen LogP contribution is -2.27. The summed E-state index contributed by atoms with van der Waals surface area (Å²) < 4.78 is 8.82. The molecule has 0 saturated carbocycles. The molecule has 0 heterocycles. The number of ether oxygens (including phenoxy) is 2. The first-order valence-corrected chi connectivity index (χ1v) is 2.32. The summed E-state index contributed by atoms with van der Waals surface area (Å²) in [5.74, 6) is 0. The van der Waals surface area contributed by atoms with Crippen LogP contribution < -0.4 is 0 Å². The lowest BCUT2D eigenvalue weighted by Gasteiger charge is -2.14. The molecule has 0 fully saturated rings. The largest absolute Gasteiger partial charge is 0.335 e. The van der Waals surface area contributed by atoms with Gasteiger partial charge in [-0.3, -0.25) is 4.79 Å². The highest BCUT2D eigenvalue weighted by molar-refractivity contribution is 6.29. The van der Waals surface area contributed by atoms with Crippen molar-refractivity contribution in [3.63, 3.8) is 0 Å². The maximum Gasteiger partial charge on any atom is 0.307 e. The predicted molar refractivity (Wildman–Crippen MR) is 28.7 cm³/mol. The zero-order chi connectivity index (χ0) is 6.62. The zero-order valence-electron chi connectivity index (χ0n) is 4.68. The molecule has 0 bridgehead atoms. The topological polar surface area (TPSA) is 35.5 Å². The Kier molecular flexibility index (Phi) is 2.97. The Balaban J connectivity index is 3.76. The van der Waals surface area contributed by atoms with Crippen molar-refractivity contribution in [2.75, 3.05) is 14.2 Å². The van der Waals surface area contributed by atoms with Crippen LogP contribution in [0.3, 0.4) is 0 Å². The Bertz CT molecular complexity index is 79.4. The summed E-state index contributed by atoms with van der Waals surface area (Å²) in [7, 11) is 2.57. The van der Waals surface area contributed by atoms with Crippen molar-refractivity contribution in [1.82, 2.24) is 0 Å². The van der Waals surface area contributed by atoms with Crippen molar-refractivity contribution in [2.45, 2.75) is 5.25 Å². The van der Waals surface area contributed by atoms with Crippen LogP contribution in [-0.4, -0.2) is 25.8 Å². The number of methoxy groups -OCH3 is 2. The van der Waals surface area contributed by atoms with Crippen LogP contribution in [0, 0.1) is 0 Å². The normalized spacial score (nSPS) is 11.4. The molecule has 0 aliphatic carbocycles. The quantitative estimate of drug-likeness (QED) is 0.321. The molecule has 0 spiro atoms. The minimum atomic E-state index is -1.58. The lowest BCUT2D eigenvalue weighted by atomic mass is 10.7. The van der Waals surface area contributed by atoms with Gasteiger partial charge in [0.15, 0.2) is 6.29 Å².